The molecule has 2 amide bonds. The van der Waals surface area contributed by atoms with Crippen LogP contribution in [-0.2, 0) is 9.59 Å². The zero-order valence-corrected chi connectivity index (χ0v) is 11.5. The molecule has 0 aliphatic heterocycles. The van der Waals surface area contributed by atoms with Crippen LogP contribution >= 0.6 is 12.4 Å². The highest BCUT2D eigenvalue weighted by molar-refractivity contribution is 5.96. The molecular formula is C13H18ClN3O2. The van der Waals surface area contributed by atoms with Crippen molar-refractivity contribution >= 4 is 35.6 Å². The number of rotatable bonds is 4. The summed E-state index contributed by atoms with van der Waals surface area (Å²) in [4.78, 5) is 22.9. The maximum Gasteiger partial charge on any atom is 0.238 e. The minimum Gasteiger partial charge on any atom is -0.326 e. The van der Waals surface area contributed by atoms with Gasteiger partial charge in [0.25, 0.3) is 0 Å². The summed E-state index contributed by atoms with van der Waals surface area (Å²) in [5, 5.41) is 5.54. The zero-order chi connectivity index (χ0) is 13.1. The molecule has 5 nitrogen and oxygen atoms in total. The minimum atomic E-state index is -0.247. The lowest BCUT2D eigenvalue weighted by atomic mass is 10.1. The normalized spacial score (nSPS) is 13.4. The smallest absolute Gasteiger partial charge is 0.238 e. The maximum absolute atomic E-state index is 11.6. The van der Waals surface area contributed by atoms with Gasteiger partial charge in [0.15, 0.2) is 0 Å². The van der Waals surface area contributed by atoms with Crippen LogP contribution in [0.4, 0.5) is 11.4 Å². The third kappa shape index (κ3) is 4.22. The molecule has 4 N–H and O–H groups in total. The Balaban J connectivity index is 0.00000180. The van der Waals surface area contributed by atoms with Gasteiger partial charge >= 0.3 is 0 Å². The standard InChI is InChI=1S/C13H17N3O2.ClH/c1-8-2-5-10(15-13(18)9-3-4-9)6-11(8)16-12(17)7-14;/h2,5-6,9H,3-4,7,14H2,1H3,(H,15,18)(H,16,17);1H. The molecule has 2 rings (SSSR count). The summed E-state index contributed by atoms with van der Waals surface area (Å²) < 4.78 is 0. The van der Waals surface area contributed by atoms with E-state index in [1.807, 2.05) is 19.1 Å². The van der Waals surface area contributed by atoms with Crippen molar-refractivity contribution < 1.29 is 9.59 Å². The molecule has 1 fully saturated rings. The molecular weight excluding hydrogens is 266 g/mol. The van der Waals surface area contributed by atoms with E-state index in [1.54, 1.807) is 6.07 Å². The first kappa shape index (κ1) is 15.5. The number of benzene rings is 1. The van der Waals surface area contributed by atoms with E-state index in [0.717, 1.165) is 18.4 Å². The van der Waals surface area contributed by atoms with Gasteiger partial charge in [0, 0.05) is 17.3 Å². The number of nitrogens with two attached hydrogens (primary N) is 1. The second-order valence-electron chi connectivity index (χ2n) is 4.55. The molecule has 0 spiro atoms. The number of halogens is 1. The average molecular weight is 284 g/mol. The Bertz CT molecular complexity index is 487. The summed E-state index contributed by atoms with van der Waals surface area (Å²) in [7, 11) is 0. The number of amides is 2. The van der Waals surface area contributed by atoms with Gasteiger partial charge in [-0.1, -0.05) is 6.07 Å². The van der Waals surface area contributed by atoms with E-state index in [2.05, 4.69) is 10.6 Å². The molecule has 1 aromatic rings. The van der Waals surface area contributed by atoms with Crippen LogP contribution < -0.4 is 16.4 Å². The molecule has 19 heavy (non-hydrogen) atoms. The lowest BCUT2D eigenvalue weighted by Crippen LogP contribution is -2.22. The van der Waals surface area contributed by atoms with Crippen LogP contribution in [-0.4, -0.2) is 18.4 Å². The van der Waals surface area contributed by atoms with Crippen molar-refractivity contribution in [2.45, 2.75) is 19.8 Å². The number of carbonyl (C=O) groups is 2. The summed E-state index contributed by atoms with van der Waals surface area (Å²) >= 11 is 0. The Kier molecular flexibility index (Phi) is 5.32. The third-order valence-corrected chi connectivity index (χ3v) is 2.91. The number of nitrogens with one attached hydrogen (secondary N) is 2. The molecule has 1 saturated carbocycles. The fraction of sp³-hybridized carbons (Fsp3) is 0.385. The highest BCUT2D eigenvalue weighted by Crippen LogP contribution is 2.30. The van der Waals surface area contributed by atoms with Gasteiger partial charge in [-0.25, -0.2) is 0 Å². The van der Waals surface area contributed by atoms with Gasteiger partial charge in [-0.05, 0) is 37.5 Å². The summed E-state index contributed by atoms with van der Waals surface area (Å²) in [5.74, 6) is -0.0351. The van der Waals surface area contributed by atoms with Gasteiger partial charge in [0.2, 0.25) is 11.8 Å². The lowest BCUT2D eigenvalue weighted by molar-refractivity contribution is -0.117. The van der Waals surface area contributed by atoms with Crippen LogP contribution in [0.15, 0.2) is 18.2 Å². The van der Waals surface area contributed by atoms with Gasteiger partial charge in [-0.3, -0.25) is 9.59 Å². The summed E-state index contributed by atoms with van der Waals surface area (Å²) in [6.45, 7) is 1.83. The maximum atomic E-state index is 11.6. The zero-order valence-electron chi connectivity index (χ0n) is 10.7. The molecule has 0 saturated heterocycles. The minimum absolute atomic E-state index is 0. The molecule has 0 atom stereocenters. The number of aryl methyl sites for hydroxylation is 1. The molecule has 1 aliphatic rings. The van der Waals surface area contributed by atoms with E-state index in [9.17, 15) is 9.59 Å². The molecule has 104 valence electrons. The van der Waals surface area contributed by atoms with Crippen molar-refractivity contribution in [2.24, 2.45) is 11.7 Å². The van der Waals surface area contributed by atoms with Crippen molar-refractivity contribution in [3.8, 4) is 0 Å². The number of carbonyl (C=O) groups excluding carboxylic acids is 2. The molecule has 0 unspecified atom stereocenters. The molecule has 0 aromatic heterocycles. The fourth-order valence-corrected chi connectivity index (χ4v) is 1.63. The molecule has 6 heteroatoms. The van der Waals surface area contributed by atoms with Gasteiger partial charge in [-0.2, -0.15) is 0 Å². The second-order valence-corrected chi connectivity index (χ2v) is 4.55. The Morgan fingerprint density at radius 3 is 2.58 bits per heavy atom. The fourth-order valence-electron chi connectivity index (χ4n) is 1.63. The molecule has 0 bridgehead atoms. The van der Waals surface area contributed by atoms with Crippen LogP contribution in [0.1, 0.15) is 18.4 Å². The van der Waals surface area contributed by atoms with Gasteiger partial charge in [0.1, 0.15) is 0 Å². The monoisotopic (exact) mass is 283 g/mol. The third-order valence-electron chi connectivity index (χ3n) is 2.91. The van der Waals surface area contributed by atoms with Crippen molar-refractivity contribution in [3.05, 3.63) is 23.8 Å². The first-order valence-electron chi connectivity index (χ1n) is 6.01. The Morgan fingerprint density at radius 2 is 2.00 bits per heavy atom. The van der Waals surface area contributed by atoms with E-state index in [-0.39, 0.29) is 36.7 Å². The first-order chi connectivity index (χ1) is 8.60. The highest BCUT2D eigenvalue weighted by Gasteiger charge is 2.29. The largest absolute Gasteiger partial charge is 0.326 e. The molecule has 0 heterocycles. The van der Waals surface area contributed by atoms with Crippen molar-refractivity contribution in [1.82, 2.24) is 0 Å². The van der Waals surface area contributed by atoms with E-state index >= 15 is 0 Å². The van der Waals surface area contributed by atoms with Crippen LogP contribution in [0.25, 0.3) is 0 Å². The summed E-state index contributed by atoms with van der Waals surface area (Å²) in [5.41, 5.74) is 7.57. The van der Waals surface area contributed by atoms with E-state index in [4.69, 9.17) is 5.73 Å². The van der Waals surface area contributed by atoms with E-state index < -0.39 is 0 Å². The number of hydrogen-bond donors (Lipinski definition) is 3. The molecule has 1 aliphatic carbocycles. The SMILES string of the molecule is Cc1ccc(NC(=O)C2CC2)cc1NC(=O)CN.Cl. The topological polar surface area (TPSA) is 84.2 Å². The van der Waals surface area contributed by atoms with Crippen molar-refractivity contribution in [1.29, 1.82) is 0 Å². The van der Waals surface area contributed by atoms with Gasteiger partial charge in [0.05, 0.1) is 6.54 Å². The predicted molar refractivity (Wildman–Crippen MR) is 77.5 cm³/mol. The van der Waals surface area contributed by atoms with Gasteiger partial charge in [-0.15, -0.1) is 12.4 Å². The average Bonchev–Trinajstić information content (AvgIpc) is 3.17. The second kappa shape index (κ2) is 6.54. The highest BCUT2D eigenvalue weighted by atomic mass is 35.5. The van der Waals surface area contributed by atoms with Crippen molar-refractivity contribution in [2.75, 3.05) is 17.2 Å². The quantitative estimate of drug-likeness (QED) is 0.786. The summed E-state index contributed by atoms with van der Waals surface area (Å²) in [6.07, 6.45) is 1.93. The lowest BCUT2D eigenvalue weighted by Gasteiger charge is -2.10. The summed E-state index contributed by atoms with van der Waals surface area (Å²) in [6, 6.07) is 5.44. The predicted octanol–water partition coefficient (Wildman–Crippen LogP) is 1.66. The molecule has 0 radical (unpaired) electrons. The van der Waals surface area contributed by atoms with E-state index in [1.165, 1.54) is 0 Å². The van der Waals surface area contributed by atoms with Crippen LogP contribution in [0.5, 0.6) is 0 Å². The van der Waals surface area contributed by atoms with Crippen LogP contribution in [0.3, 0.4) is 0 Å². The van der Waals surface area contributed by atoms with E-state index in [0.29, 0.717) is 11.4 Å². The Labute approximate surface area is 118 Å². The van der Waals surface area contributed by atoms with Gasteiger partial charge < -0.3 is 16.4 Å². The Hall–Kier alpha value is -1.59. The van der Waals surface area contributed by atoms with Crippen LogP contribution in [0.2, 0.25) is 0 Å². The van der Waals surface area contributed by atoms with Crippen molar-refractivity contribution in [3.63, 3.8) is 0 Å². The number of anilines is 2. The van der Waals surface area contributed by atoms with Crippen LogP contribution in [0, 0.1) is 12.8 Å². The molecule has 1 aromatic carbocycles. The number of hydrogen-bond acceptors (Lipinski definition) is 3. The Morgan fingerprint density at radius 1 is 1.32 bits per heavy atom. The first-order valence-corrected chi connectivity index (χ1v) is 6.01.